The lowest BCUT2D eigenvalue weighted by molar-refractivity contribution is -0.120. The van der Waals surface area contributed by atoms with Crippen molar-refractivity contribution in [3.63, 3.8) is 0 Å². The summed E-state index contributed by atoms with van der Waals surface area (Å²) in [5.41, 5.74) is 1.60. The van der Waals surface area contributed by atoms with Gasteiger partial charge in [-0.1, -0.05) is 6.07 Å². The quantitative estimate of drug-likeness (QED) is 0.762. The number of aryl methyl sites for hydroxylation is 3. The van der Waals surface area contributed by atoms with Gasteiger partial charge in [-0.05, 0) is 31.2 Å². The van der Waals surface area contributed by atoms with Crippen molar-refractivity contribution in [2.75, 3.05) is 0 Å². The van der Waals surface area contributed by atoms with Gasteiger partial charge in [0.2, 0.25) is 11.8 Å². The van der Waals surface area contributed by atoms with E-state index in [0.717, 1.165) is 29.4 Å². The van der Waals surface area contributed by atoms with Crippen molar-refractivity contribution < 1.29 is 9.21 Å². The predicted octanol–water partition coefficient (Wildman–Crippen LogP) is 3.10. The van der Waals surface area contributed by atoms with Crippen molar-refractivity contribution in [1.29, 1.82) is 0 Å². The fraction of sp³-hybridized carbons (Fsp3) is 0.389. The molecular formula is C18H20N4O2S. The molecule has 0 atom stereocenters. The van der Waals surface area contributed by atoms with E-state index < -0.39 is 0 Å². The van der Waals surface area contributed by atoms with Crippen LogP contribution in [0.25, 0.3) is 10.8 Å². The Kier molecular flexibility index (Phi) is 4.40. The molecule has 25 heavy (non-hydrogen) atoms. The monoisotopic (exact) mass is 356 g/mol. The number of thiophene rings is 1. The van der Waals surface area contributed by atoms with E-state index in [2.05, 4.69) is 19.9 Å². The Morgan fingerprint density at radius 3 is 3.12 bits per heavy atom. The Morgan fingerprint density at radius 2 is 2.32 bits per heavy atom. The van der Waals surface area contributed by atoms with Gasteiger partial charge < -0.3 is 14.3 Å². The molecular weight excluding hydrogens is 336 g/mol. The molecule has 0 bridgehead atoms. The van der Waals surface area contributed by atoms with Crippen LogP contribution in [0, 0.1) is 6.92 Å². The van der Waals surface area contributed by atoms with E-state index >= 15 is 0 Å². The summed E-state index contributed by atoms with van der Waals surface area (Å²) in [7, 11) is 0. The fourth-order valence-corrected chi connectivity index (χ4v) is 3.71. The third-order valence-electron chi connectivity index (χ3n) is 4.38. The molecule has 4 heterocycles. The molecule has 1 aliphatic heterocycles. The van der Waals surface area contributed by atoms with Gasteiger partial charge in [0, 0.05) is 19.2 Å². The molecule has 0 radical (unpaired) electrons. The molecule has 0 unspecified atom stereocenters. The highest BCUT2D eigenvalue weighted by atomic mass is 32.1. The number of hydrogen-bond donors (Lipinski definition) is 1. The minimum atomic E-state index is -0.0694. The van der Waals surface area contributed by atoms with Crippen LogP contribution < -0.4 is 5.32 Å². The molecule has 1 aliphatic rings. The smallest absolute Gasteiger partial charge is 0.236 e. The minimum absolute atomic E-state index is 0.0694. The molecule has 3 aromatic heterocycles. The van der Waals surface area contributed by atoms with Gasteiger partial charge in [-0.3, -0.25) is 4.79 Å². The largest absolute Gasteiger partial charge is 0.440 e. The van der Waals surface area contributed by atoms with Gasteiger partial charge in [0.15, 0.2) is 0 Å². The molecule has 6 nitrogen and oxygen atoms in total. The van der Waals surface area contributed by atoms with E-state index in [4.69, 9.17) is 4.42 Å². The van der Waals surface area contributed by atoms with Crippen molar-refractivity contribution in [3.8, 4) is 10.8 Å². The summed E-state index contributed by atoms with van der Waals surface area (Å²) < 4.78 is 7.88. The Hall–Kier alpha value is -2.41. The lowest BCUT2D eigenvalue weighted by Gasteiger charge is -2.11. The Labute approximate surface area is 149 Å². The Bertz CT molecular complexity index is 856. The Balaban J connectivity index is 1.37. The number of aromatic nitrogens is 3. The molecule has 0 spiro atoms. The van der Waals surface area contributed by atoms with Gasteiger partial charge in [-0.15, -0.1) is 11.3 Å². The SMILES string of the molecule is Cc1oc(-c2cccs2)nc1CC(=O)NCc1cn2c(n1)CCCC2. The topological polar surface area (TPSA) is 73.0 Å². The standard InChI is InChI=1S/C18H20N4O2S/c1-12-14(21-18(24-12)15-5-4-8-25-15)9-17(23)19-10-13-11-22-7-3-2-6-16(22)20-13/h4-5,8,11H,2-3,6-7,9-10H2,1H3,(H,19,23). The molecule has 3 aromatic rings. The van der Waals surface area contributed by atoms with E-state index in [1.807, 2.05) is 30.6 Å². The molecule has 1 N–H and O–H groups in total. The first kappa shape index (κ1) is 16.1. The zero-order valence-electron chi connectivity index (χ0n) is 14.1. The van der Waals surface area contributed by atoms with Crippen LogP contribution in [0.4, 0.5) is 0 Å². The summed E-state index contributed by atoms with van der Waals surface area (Å²) in [4.78, 5) is 22.3. The molecule has 4 rings (SSSR count). The zero-order chi connectivity index (χ0) is 17.2. The second-order valence-electron chi connectivity index (χ2n) is 6.25. The highest BCUT2D eigenvalue weighted by Gasteiger charge is 2.16. The number of nitrogens with zero attached hydrogens (tertiary/aromatic N) is 3. The second-order valence-corrected chi connectivity index (χ2v) is 7.20. The van der Waals surface area contributed by atoms with E-state index in [1.54, 1.807) is 11.3 Å². The highest BCUT2D eigenvalue weighted by molar-refractivity contribution is 7.13. The number of carbonyl (C=O) groups is 1. The van der Waals surface area contributed by atoms with Crippen LogP contribution in [0.5, 0.6) is 0 Å². The van der Waals surface area contributed by atoms with E-state index in [0.29, 0.717) is 23.9 Å². The van der Waals surface area contributed by atoms with Crippen LogP contribution in [0.3, 0.4) is 0 Å². The molecule has 130 valence electrons. The number of fused-ring (bicyclic) bond motifs is 1. The van der Waals surface area contributed by atoms with Crippen molar-refractivity contribution in [2.45, 2.75) is 45.7 Å². The predicted molar refractivity (Wildman–Crippen MR) is 95.3 cm³/mol. The van der Waals surface area contributed by atoms with Crippen molar-refractivity contribution >= 4 is 17.2 Å². The summed E-state index contributed by atoms with van der Waals surface area (Å²) in [6.45, 7) is 3.32. The van der Waals surface area contributed by atoms with Crippen LogP contribution in [0.15, 0.2) is 28.1 Å². The van der Waals surface area contributed by atoms with E-state index in [-0.39, 0.29) is 12.3 Å². The average Bonchev–Trinajstić information content (AvgIpc) is 3.32. The maximum absolute atomic E-state index is 12.3. The van der Waals surface area contributed by atoms with Crippen LogP contribution >= 0.6 is 11.3 Å². The fourth-order valence-electron chi connectivity index (χ4n) is 3.06. The van der Waals surface area contributed by atoms with Crippen LogP contribution in [-0.4, -0.2) is 20.4 Å². The number of amides is 1. The normalized spacial score (nSPS) is 13.6. The third kappa shape index (κ3) is 3.51. The van der Waals surface area contributed by atoms with Crippen molar-refractivity contribution in [2.24, 2.45) is 0 Å². The minimum Gasteiger partial charge on any atom is -0.440 e. The van der Waals surface area contributed by atoms with Crippen LogP contribution in [-0.2, 0) is 30.7 Å². The molecule has 1 amide bonds. The van der Waals surface area contributed by atoms with Crippen molar-refractivity contribution in [1.82, 2.24) is 19.9 Å². The second kappa shape index (κ2) is 6.84. The van der Waals surface area contributed by atoms with Gasteiger partial charge >= 0.3 is 0 Å². The number of imidazole rings is 1. The zero-order valence-corrected chi connectivity index (χ0v) is 14.9. The molecule has 0 saturated heterocycles. The van der Waals surface area contributed by atoms with Crippen LogP contribution in [0.1, 0.15) is 35.8 Å². The van der Waals surface area contributed by atoms with Gasteiger partial charge in [0.05, 0.1) is 29.2 Å². The van der Waals surface area contributed by atoms with Crippen molar-refractivity contribution in [3.05, 3.63) is 46.7 Å². The first-order valence-electron chi connectivity index (χ1n) is 8.51. The lowest BCUT2D eigenvalue weighted by atomic mass is 10.2. The number of hydrogen-bond acceptors (Lipinski definition) is 5. The lowest BCUT2D eigenvalue weighted by Crippen LogP contribution is -2.25. The number of oxazole rings is 1. The first-order valence-corrected chi connectivity index (χ1v) is 9.39. The van der Waals surface area contributed by atoms with Gasteiger partial charge in [-0.2, -0.15) is 0 Å². The molecule has 0 fully saturated rings. The Morgan fingerprint density at radius 1 is 1.40 bits per heavy atom. The molecule has 7 heteroatoms. The summed E-state index contributed by atoms with van der Waals surface area (Å²) in [6, 6.07) is 3.91. The maximum Gasteiger partial charge on any atom is 0.236 e. The van der Waals surface area contributed by atoms with Gasteiger partial charge in [-0.25, -0.2) is 9.97 Å². The molecule has 0 saturated carbocycles. The van der Waals surface area contributed by atoms with Gasteiger partial charge in [0.1, 0.15) is 11.6 Å². The summed E-state index contributed by atoms with van der Waals surface area (Å²) in [6.07, 6.45) is 5.69. The summed E-state index contributed by atoms with van der Waals surface area (Å²) >= 11 is 1.57. The average molecular weight is 356 g/mol. The summed E-state index contributed by atoms with van der Waals surface area (Å²) in [5, 5.41) is 4.91. The van der Waals surface area contributed by atoms with Crippen LogP contribution in [0.2, 0.25) is 0 Å². The molecule has 0 aliphatic carbocycles. The highest BCUT2D eigenvalue weighted by Crippen LogP contribution is 2.26. The van der Waals surface area contributed by atoms with Gasteiger partial charge in [0.25, 0.3) is 0 Å². The van der Waals surface area contributed by atoms with E-state index in [9.17, 15) is 4.79 Å². The number of nitrogens with one attached hydrogen (secondary N) is 1. The first-order chi connectivity index (χ1) is 12.2. The number of rotatable bonds is 5. The molecule has 0 aromatic carbocycles. The maximum atomic E-state index is 12.3. The van der Waals surface area contributed by atoms with E-state index in [1.165, 1.54) is 12.8 Å². The summed E-state index contributed by atoms with van der Waals surface area (Å²) in [5.74, 6) is 2.33. The number of carbonyl (C=O) groups excluding carboxylic acids is 1. The third-order valence-corrected chi connectivity index (χ3v) is 5.24.